The third-order valence-corrected chi connectivity index (χ3v) is 3.30. The van der Waals surface area contributed by atoms with Gasteiger partial charge in [0.1, 0.15) is 0 Å². The van der Waals surface area contributed by atoms with Gasteiger partial charge in [-0.05, 0) is 33.0 Å². The van der Waals surface area contributed by atoms with E-state index in [2.05, 4.69) is 37.7 Å². The summed E-state index contributed by atoms with van der Waals surface area (Å²) in [5.74, 6) is 0.591. The molecule has 0 aromatic heterocycles. The second-order valence-electron chi connectivity index (χ2n) is 5.07. The monoisotopic (exact) mass is 199 g/mol. The van der Waals surface area contributed by atoms with E-state index in [1.165, 1.54) is 19.5 Å². The van der Waals surface area contributed by atoms with Gasteiger partial charge < -0.3 is 15.5 Å². The van der Waals surface area contributed by atoms with Crippen molar-refractivity contribution >= 4 is 0 Å². The third kappa shape index (κ3) is 3.23. The van der Waals surface area contributed by atoms with Crippen molar-refractivity contribution in [2.45, 2.75) is 32.4 Å². The zero-order valence-corrected chi connectivity index (χ0v) is 10.0. The van der Waals surface area contributed by atoms with E-state index in [4.69, 9.17) is 5.73 Å². The predicted molar refractivity (Wildman–Crippen MR) is 61.3 cm³/mol. The van der Waals surface area contributed by atoms with Gasteiger partial charge in [0.05, 0.1) is 0 Å². The maximum Gasteiger partial charge on any atom is 0.0229 e. The second kappa shape index (κ2) is 5.10. The van der Waals surface area contributed by atoms with Crippen molar-refractivity contribution in [2.75, 3.05) is 33.7 Å². The maximum atomic E-state index is 6.06. The molecule has 3 nitrogen and oxygen atoms in total. The standard InChI is InChI=1S/C11H25N3/c1-9(2)11(12)8-14-6-5-10(7-14)13(3)4/h9-11H,5-8,12H2,1-4H3. The smallest absolute Gasteiger partial charge is 0.0229 e. The first-order valence-corrected chi connectivity index (χ1v) is 5.65. The molecule has 0 saturated carbocycles. The number of likely N-dealkylation sites (N-methyl/N-ethyl adjacent to an activating group) is 1. The van der Waals surface area contributed by atoms with Crippen molar-refractivity contribution in [3.05, 3.63) is 0 Å². The SMILES string of the molecule is CC(C)C(N)CN1CCC(N(C)C)C1. The molecule has 1 saturated heterocycles. The molecule has 0 aromatic rings. The Kier molecular flexibility index (Phi) is 4.35. The Balaban J connectivity index is 2.29. The van der Waals surface area contributed by atoms with Crippen LogP contribution in [0.1, 0.15) is 20.3 Å². The number of nitrogens with two attached hydrogens (primary N) is 1. The van der Waals surface area contributed by atoms with Crippen LogP contribution < -0.4 is 5.73 Å². The van der Waals surface area contributed by atoms with Crippen LogP contribution in [0.2, 0.25) is 0 Å². The van der Waals surface area contributed by atoms with E-state index >= 15 is 0 Å². The van der Waals surface area contributed by atoms with Crippen LogP contribution in [-0.2, 0) is 0 Å². The first-order valence-electron chi connectivity index (χ1n) is 5.65. The molecular weight excluding hydrogens is 174 g/mol. The number of hydrogen-bond acceptors (Lipinski definition) is 3. The number of hydrogen-bond donors (Lipinski definition) is 1. The minimum Gasteiger partial charge on any atom is -0.326 e. The van der Waals surface area contributed by atoms with Gasteiger partial charge in [-0.1, -0.05) is 13.8 Å². The van der Waals surface area contributed by atoms with Crippen molar-refractivity contribution in [1.82, 2.24) is 9.80 Å². The third-order valence-electron chi connectivity index (χ3n) is 3.30. The Morgan fingerprint density at radius 3 is 2.50 bits per heavy atom. The van der Waals surface area contributed by atoms with Crippen LogP contribution in [0.4, 0.5) is 0 Å². The average molecular weight is 199 g/mol. The molecule has 0 bridgehead atoms. The van der Waals surface area contributed by atoms with Gasteiger partial charge in [-0.3, -0.25) is 0 Å². The molecule has 0 aliphatic carbocycles. The van der Waals surface area contributed by atoms with Gasteiger partial charge in [-0.15, -0.1) is 0 Å². The molecule has 1 fully saturated rings. The Labute approximate surface area is 88.2 Å². The fourth-order valence-electron chi connectivity index (χ4n) is 1.91. The lowest BCUT2D eigenvalue weighted by molar-refractivity contribution is 0.247. The molecule has 1 heterocycles. The van der Waals surface area contributed by atoms with Crippen molar-refractivity contribution < 1.29 is 0 Å². The molecule has 1 aliphatic rings. The molecule has 1 aliphatic heterocycles. The summed E-state index contributed by atoms with van der Waals surface area (Å²) in [6.45, 7) is 7.85. The van der Waals surface area contributed by atoms with Gasteiger partial charge in [0, 0.05) is 25.2 Å². The van der Waals surface area contributed by atoms with Gasteiger partial charge in [0.2, 0.25) is 0 Å². The summed E-state index contributed by atoms with van der Waals surface area (Å²) >= 11 is 0. The Morgan fingerprint density at radius 1 is 1.43 bits per heavy atom. The molecule has 2 unspecified atom stereocenters. The van der Waals surface area contributed by atoms with E-state index in [0.717, 1.165) is 12.6 Å². The fourth-order valence-corrected chi connectivity index (χ4v) is 1.91. The topological polar surface area (TPSA) is 32.5 Å². The summed E-state index contributed by atoms with van der Waals surface area (Å²) in [5.41, 5.74) is 6.06. The Hall–Kier alpha value is -0.120. The van der Waals surface area contributed by atoms with E-state index < -0.39 is 0 Å². The van der Waals surface area contributed by atoms with Gasteiger partial charge in [0.25, 0.3) is 0 Å². The summed E-state index contributed by atoms with van der Waals surface area (Å²) in [6.07, 6.45) is 1.29. The lowest BCUT2D eigenvalue weighted by Gasteiger charge is -2.24. The summed E-state index contributed by atoms with van der Waals surface area (Å²) < 4.78 is 0. The van der Waals surface area contributed by atoms with E-state index in [0.29, 0.717) is 12.0 Å². The highest BCUT2D eigenvalue weighted by Gasteiger charge is 2.25. The van der Waals surface area contributed by atoms with Crippen LogP contribution in [-0.4, -0.2) is 55.6 Å². The normalized spacial score (nSPS) is 26.4. The highest BCUT2D eigenvalue weighted by molar-refractivity contribution is 4.83. The molecule has 2 atom stereocenters. The van der Waals surface area contributed by atoms with E-state index in [1.54, 1.807) is 0 Å². The lowest BCUT2D eigenvalue weighted by Crippen LogP contribution is -2.41. The minimum atomic E-state index is 0.330. The highest BCUT2D eigenvalue weighted by Crippen LogP contribution is 2.14. The van der Waals surface area contributed by atoms with Crippen molar-refractivity contribution in [3.63, 3.8) is 0 Å². The molecule has 1 rings (SSSR count). The molecule has 0 aromatic carbocycles. The molecule has 0 amide bonds. The van der Waals surface area contributed by atoms with Crippen LogP contribution >= 0.6 is 0 Å². The molecule has 2 N–H and O–H groups in total. The summed E-state index contributed by atoms with van der Waals surface area (Å²) in [7, 11) is 4.33. The quantitative estimate of drug-likeness (QED) is 0.720. The first-order chi connectivity index (χ1) is 6.50. The zero-order valence-electron chi connectivity index (χ0n) is 10.0. The number of nitrogens with zero attached hydrogens (tertiary/aromatic N) is 2. The van der Waals surface area contributed by atoms with E-state index in [9.17, 15) is 0 Å². The maximum absolute atomic E-state index is 6.06. The fraction of sp³-hybridized carbons (Fsp3) is 1.00. The van der Waals surface area contributed by atoms with Crippen LogP contribution in [0.5, 0.6) is 0 Å². The number of rotatable bonds is 4. The summed E-state index contributed by atoms with van der Waals surface area (Å²) in [4.78, 5) is 4.82. The van der Waals surface area contributed by atoms with E-state index in [-0.39, 0.29) is 0 Å². The number of likely N-dealkylation sites (tertiary alicyclic amines) is 1. The van der Waals surface area contributed by atoms with Crippen LogP contribution in [0, 0.1) is 5.92 Å². The first kappa shape index (κ1) is 12.0. The highest BCUT2D eigenvalue weighted by atomic mass is 15.2. The molecule has 84 valence electrons. The average Bonchev–Trinajstić information content (AvgIpc) is 2.52. The largest absolute Gasteiger partial charge is 0.326 e. The van der Waals surface area contributed by atoms with Crippen LogP contribution in [0.25, 0.3) is 0 Å². The second-order valence-corrected chi connectivity index (χ2v) is 5.07. The Morgan fingerprint density at radius 2 is 2.07 bits per heavy atom. The van der Waals surface area contributed by atoms with Gasteiger partial charge >= 0.3 is 0 Å². The van der Waals surface area contributed by atoms with Gasteiger partial charge in [0.15, 0.2) is 0 Å². The zero-order chi connectivity index (χ0) is 10.7. The van der Waals surface area contributed by atoms with Gasteiger partial charge in [-0.25, -0.2) is 0 Å². The predicted octanol–water partition coefficient (Wildman–Crippen LogP) is 0.606. The minimum absolute atomic E-state index is 0.330. The van der Waals surface area contributed by atoms with Crippen LogP contribution in [0.15, 0.2) is 0 Å². The van der Waals surface area contributed by atoms with Crippen molar-refractivity contribution in [3.8, 4) is 0 Å². The molecule has 14 heavy (non-hydrogen) atoms. The van der Waals surface area contributed by atoms with Crippen molar-refractivity contribution in [2.24, 2.45) is 11.7 Å². The molecule has 0 spiro atoms. The molecule has 3 heteroatoms. The lowest BCUT2D eigenvalue weighted by atomic mass is 10.1. The van der Waals surface area contributed by atoms with Gasteiger partial charge in [-0.2, -0.15) is 0 Å². The molecule has 0 radical (unpaired) electrons. The summed E-state index contributed by atoms with van der Waals surface area (Å²) in [5, 5.41) is 0. The van der Waals surface area contributed by atoms with E-state index in [1.807, 2.05) is 0 Å². The molecular formula is C11H25N3. The summed E-state index contributed by atoms with van der Waals surface area (Å²) in [6, 6.07) is 1.06. The van der Waals surface area contributed by atoms with Crippen molar-refractivity contribution in [1.29, 1.82) is 0 Å². The van der Waals surface area contributed by atoms with Crippen LogP contribution in [0.3, 0.4) is 0 Å². The Bertz CT molecular complexity index is 168.